The lowest BCUT2D eigenvalue weighted by atomic mass is 10.3. The van der Waals surface area contributed by atoms with Crippen LogP contribution in [0.15, 0.2) is 24.3 Å². The molecule has 0 heterocycles. The fourth-order valence-corrected chi connectivity index (χ4v) is 1.30. The van der Waals surface area contributed by atoms with Crippen LogP contribution in [-0.4, -0.2) is 24.2 Å². The average Bonchev–Trinajstić information content (AvgIpc) is 3.09. The molecule has 0 N–H and O–H groups in total. The largest absolute Gasteiger partial charge is 0.491 e. The van der Waals surface area contributed by atoms with Crippen LogP contribution in [0.4, 0.5) is 5.69 Å². The molecule has 5 heteroatoms. The summed E-state index contributed by atoms with van der Waals surface area (Å²) in [6, 6.07) is 6.16. The van der Waals surface area contributed by atoms with Gasteiger partial charge in [-0.15, -0.1) is 0 Å². The number of non-ortho nitro benzene ring substituents is 1. The van der Waals surface area contributed by atoms with Gasteiger partial charge in [-0.1, -0.05) is 6.07 Å². The first-order valence-electron chi connectivity index (χ1n) is 5.24. The van der Waals surface area contributed by atoms with Crippen molar-refractivity contribution in [2.24, 2.45) is 0 Å². The molecule has 0 amide bonds. The highest BCUT2D eigenvalue weighted by Gasteiger charge is 2.21. The molecule has 0 unspecified atom stereocenters. The van der Waals surface area contributed by atoms with Crippen molar-refractivity contribution in [1.82, 2.24) is 0 Å². The normalized spacial score (nSPS) is 14.8. The minimum absolute atomic E-state index is 0.0422. The van der Waals surface area contributed by atoms with E-state index in [1.165, 1.54) is 12.1 Å². The SMILES string of the molecule is O=[N+]([O-])c1cccc(OCCOC2CC2)c1. The minimum Gasteiger partial charge on any atom is -0.491 e. The molecule has 0 bridgehead atoms. The Kier molecular flexibility index (Phi) is 3.36. The van der Waals surface area contributed by atoms with Crippen molar-refractivity contribution in [3.63, 3.8) is 0 Å². The van der Waals surface area contributed by atoms with Gasteiger partial charge in [0.15, 0.2) is 0 Å². The Morgan fingerprint density at radius 3 is 2.88 bits per heavy atom. The molecule has 1 aliphatic rings. The highest BCUT2D eigenvalue weighted by molar-refractivity contribution is 5.37. The molecule has 5 nitrogen and oxygen atoms in total. The zero-order valence-electron chi connectivity index (χ0n) is 8.80. The van der Waals surface area contributed by atoms with Crippen molar-refractivity contribution in [3.8, 4) is 5.75 Å². The lowest BCUT2D eigenvalue weighted by Crippen LogP contribution is -2.07. The van der Waals surface area contributed by atoms with Crippen molar-refractivity contribution in [3.05, 3.63) is 34.4 Å². The Labute approximate surface area is 93.1 Å². The number of hydrogen-bond acceptors (Lipinski definition) is 4. The number of hydrogen-bond donors (Lipinski definition) is 0. The number of nitro benzene ring substituents is 1. The average molecular weight is 223 g/mol. The first-order chi connectivity index (χ1) is 7.75. The molecule has 1 fully saturated rings. The van der Waals surface area contributed by atoms with Gasteiger partial charge in [0.25, 0.3) is 5.69 Å². The zero-order chi connectivity index (χ0) is 11.4. The molecular weight excluding hydrogens is 210 g/mol. The molecule has 1 aliphatic carbocycles. The van der Waals surface area contributed by atoms with E-state index in [0.29, 0.717) is 25.1 Å². The second kappa shape index (κ2) is 4.94. The van der Waals surface area contributed by atoms with Gasteiger partial charge in [-0.2, -0.15) is 0 Å². The predicted molar refractivity (Wildman–Crippen MR) is 57.6 cm³/mol. The molecule has 1 saturated carbocycles. The van der Waals surface area contributed by atoms with Gasteiger partial charge in [0.2, 0.25) is 0 Å². The quantitative estimate of drug-likeness (QED) is 0.421. The Morgan fingerprint density at radius 1 is 1.38 bits per heavy atom. The van der Waals surface area contributed by atoms with E-state index in [1.54, 1.807) is 12.1 Å². The Balaban J connectivity index is 1.78. The van der Waals surface area contributed by atoms with E-state index in [1.807, 2.05) is 0 Å². The van der Waals surface area contributed by atoms with E-state index >= 15 is 0 Å². The maximum atomic E-state index is 10.5. The fraction of sp³-hybridized carbons (Fsp3) is 0.455. The van der Waals surface area contributed by atoms with E-state index in [2.05, 4.69) is 0 Å². The van der Waals surface area contributed by atoms with Gasteiger partial charge in [-0.25, -0.2) is 0 Å². The van der Waals surface area contributed by atoms with Crippen molar-refractivity contribution in [1.29, 1.82) is 0 Å². The third kappa shape index (κ3) is 3.20. The summed E-state index contributed by atoms with van der Waals surface area (Å²) in [6.07, 6.45) is 2.68. The van der Waals surface area contributed by atoms with Crippen LogP contribution in [0.25, 0.3) is 0 Å². The number of rotatable bonds is 6. The van der Waals surface area contributed by atoms with Gasteiger partial charge in [0.05, 0.1) is 23.7 Å². The molecular formula is C11H13NO4. The van der Waals surface area contributed by atoms with Crippen molar-refractivity contribution >= 4 is 5.69 Å². The molecule has 16 heavy (non-hydrogen) atoms. The summed E-state index contributed by atoms with van der Waals surface area (Å²) in [5.41, 5.74) is 0.0422. The molecule has 0 radical (unpaired) electrons. The zero-order valence-corrected chi connectivity index (χ0v) is 8.80. The maximum Gasteiger partial charge on any atom is 0.273 e. The van der Waals surface area contributed by atoms with Crippen LogP contribution >= 0.6 is 0 Å². The van der Waals surface area contributed by atoms with Crippen LogP contribution in [-0.2, 0) is 4.74 Å². The van der Waals surface area contributed by atoms with Crippen molar-refractivity contribution < 1.29 is 14.4 Å². The highest BCUT2D eigenvalue weighted by atomic mass is 16.6. The molecule has 1 aromatic rings. The van der Waals surface area contributed by atoms with Gasteiger partial charge in [0.1, 0.15) is 12.4 Å². The van der Waals surface area contributed by atoms with Crippen molar-refractivity contribution in [2.45, 2.75) is 18.9 Å². The summed E-state index contributed by atoms with van der Waals surface area (Å²) in [4.78, 5) is 10.1. The van der Waals surface area contributed by atoms with Crippen LogP contribution in [0.5, 0.6) is 5.75 Å². The molecule has 86 valence electrons. The van der Waals surface area contributed by atoms with Crippen LogP contribution in [0.2, 0.25) is 0 Å². The second-order valence-corrected chi connectivity index (χ2v) is 3.67. The van der Waals surface area contributed by atoms with E-state index in [4.69, 9.17) is 9.47 Å². The number of benzene rings is 1. The fourth-order valence-electron chi connectivity index (χ4n) is 1.30. The van der Waals surface area contributed by atoms with E-state index in [0.717, 1.165) is 12.8 Å². The molecule has 0 spiro atoms. The van der Waals surface area contributed by atoms with E-state index in [-0.39, 0.29) is 5.69 Å². The summed E-state index contributed by atoms with van der Waals surface area (Å²) >= 11 is 0. The van der Waals surface area contributed by atoms with Gasteiger partial charge >= 0.3 is 0 Å². The molecule has 0 aromatic heterocycles. The predicted octanol–water partition coefficient (Wildman–Crippen LogP) is 2.15. The number of nitro groups is 1. The second-order valence-electron chi connectivity index (χ2n) is 3.67. The summed E-state index contributed by atoms with van der Waals surface area (Å²) in [5.74, 6) is 0.508. The van der Waals surface area contributed by atoms with E-state index in [9.17, 15) is 10.1 Å². The van der Waals surface area contributed by atoms with Crippen molar-refractivity contribution in [2.75, 3.05) is 13.2 Å². The number of nitrogens with zero attached hydrogens (tertiary/aromatic N) is 1. The number of ether oxygens (including phenoxy) is 2. The molecule has 0 atom stereocenters. The lowest BCUT2D eigenvalue weighted by Gasteiger charge is -2.05. The molecule has 0 aliphatic heterocycles. The smallest absolute Gasteiger partial charge is 0.273 e. The molecule has 1 aromatic carbocycles. The Morgan fingerprint density at radius 2 is 2.19 bits per heavy atom. The van der Waals surface area contributed by atoms with Gasteiger partial charge in [-0.3, -0.25) is 10.1 Å². The summed E-state index contributed by atoms with van der Waals surface area (Å²) < 4.78 is 10.7. The first-order valence-corrected chi connectivity index (χ1v) is 5.24. The van der Waals surface area contributed by atoms with Crippen LogP contribution < -0.4 is 4.74 Å². The van der Waals surface area contributed by atoms with Gasteiger partial charge < -0.3 is 9.47 Å². The summed E-state index contributed by atoms with van der Waals surface area (Å²) in [7, 11) is 0. The Bertz CT molecular complexity index is 376. The van der Waals surface area contributed by atoms with Crippen LogP contribution in [0.3, 0.4) is 0 Å². The third-order valence-corrected chi connectivity index (χ3v) is 2.26. The summed E-state index contributed by atoms with van der Waals surface area (Å²) in [5, 5.41) is 10.5. The topological polar surface area (TPSA) is 61.6 Å². The van der Waals surface area contributed by atoms with E-state index < -0.39 is 4.92 Å². The summed E-state index contributed by atoms with van der Waals surface area (Å²) in [6.45, 7) is 0.963. The van der Waals surface area contributed by atoms with Gasteiger partial charge in [0, 0.05) is 6.07 Å². The highest BCUT2D eigenvalue weighted by Crippen LogP contribution is 2.23. The van der Waals surface area contributed by atoms with Gasteiger partial charge in [-0.05, 0) is 18.9 Å². The van der Waals surface area contributed by atoms with Crippen LogP contribution in [0, 0.1) is 10.1 Å². The Hall–Kier alpha value is -1.62. The molecule has 0 saturated heterocycles. The standard InChI is InChI=1S/C11H13NO4/c13-12(14)9-2-1-3-11(8-9)16-7-6-15-10-4-5-10/h1-3,8,10H,4-7H2. The lowest BCUT2D eigenvalue weighted by molar-refractivity contribution is -0.384. The van der Waals surface area contributed by atoms with Crippen LogP contribution in [0.1, 0.15) is 12.8 Å². The molecule has 2 rings (SSSR count). The first kappa shape index (κ1) is 10.9. The minimum atomic E-state index is -0.437. The third-order valence-electron chi connectivity index (χ3n) is 2.26. The maximum absolute atomic E-state index is 10.5. The monoisotopic (exact) mass is 223 g/mol.